The van der Waals surface area contributed by atoms with E-state index in [0.717, 1.165) is 43.7 Å². The van der Waals surface area contributed by atoms with E-state index >= 15 is 0 Å². The summed E-state index contributed by atoms with van der Waals surface area (Å²) in [6.07, 6.45) is 2.23. The molecule has 0 amide bonds. The van der Waals surface area contributed by atoms with E-state index in [9.17, 15) is 0 Å². The molecule has 17 heavy (non-hydrogen) atoms. The minimum Gasteiger partial charge on any atom is -0.380 e. The van der Waals surface area contributed by atoms with E-state index in [4.69, 9.17) is 10.00 Å². The summed E-state index contributed by atoms with van der Waals surface area (Å²) in [7, 11) is 0. The van der Waals surface area contributed by atoms with E-state index < -0.39 is 0 Å². The second-order valence-corrected chi connectivity index (χ2v) is 4.84. The van der Waals surface area contributed by atoms with Crippen LogP contribution in [0.1, 0.15) is 30.9 Å². The fourth-order valence-electron chi connectivity index (χ4n) is 2.17. The van der Waals surface area contributed by atoms with E-state index in [-0.39, 0.29) is 5.54 Å². The molecule has 3 heteroatoms. The molecule has 1 heterocycles. The van der Waals surface area contributed by atoms with Crippen molar-refractivity contribution in [2.24, 2.45) is 0 Å². The zero-order chi connectivity index (χ0) is 12.1. The van der Waals surface area contributed by atoms with Crippen molar-refractivity contribution < 1.29 is 4.74 Å². The Bertz CT molecular complexity index is 416. The number of nitrogens with zero attached hydrogens (tertiary/aromatic N) is 1. The fraction of sp³-hybridized carbons (Fsp3) is 0.500. The van der Waals surface area contributed by atoms with Crippen LogP contribution in [0.15, 0.2) is 24.3 Å². The van der Waals surface area contributed by atoms with Crippen LogP contribution in [0, 0.1) is 11.3 Å². The highest BCUT2D eigenvalue weighted by Gasteiger charge is 2.26. The molecule has 1 saturated heterocycles. The second kappa shape index (κ2) is 5.31. The van der Waals surface area contributed by atoms with Crippen molar-refractivity contribution in [2.75, 3.05) is 13.2 Å². The van der Waals surface area contributed by atoms with Crippen LogP contribution in [0.3, 0.4) is 0 Å². The SMILES string of the molecule is CC1(NCc2ccccc2C#N)CCCOC1. The molecule has 1 aromatic carbocycles. The molecule has 1 aliphatic heterocycles. The van der Waals surface area contributed by atoms with E-state index in [1.165, 1.54) is 0 Å². The third-order valence-electron chi connectivity index (χ3n) is 3.28. The maximum atomic E-state index is 9.02. The molecule has 1 unspecified atom stereocenters. The van der Waals surface area contributed by atoms with Gasteiger partial charge in [0.05, 0.1) is 18.2 Å². The van der Waals surface area contributed by atoms with Gasteiger partial charge in [-0.05, 0) is 31.4 Å². The first-order chi connectivity index (χ1) is 8.23. The Kier molecular flexibility index (Phi) is 3.78. The van der Waals surface area contributed by atoms with E-state index in [2.05, 4.69) is 18.3 Å². The highest BCUT2D eigenvalue weighted by atomic mass is 16.5. The second-order valence-electron chi connectivity index (χ2n) is 4.84. The summed E-state index contributed by atoms with van der Waals surface area (Å²) < 4.78 is 5.50. The standard InChI is InChI=1S/C14H18N2O/c1-14(7-4-8-17-11-14)16-10-13-6-3-2-5-12(13)9-15/h2-3,5-6,16H,4,7-8,10-11H2,1H3. The molecule has 1 N–H and O–H groups in total. The third-order valence-corrected chi connectivity index (χ3v) is 3.28. The maximum Gasteiger partial charge on any atom is 0.0995 e. The molecule has 3 nitrogen and oxygen atoms in total. The highest BCUT2D eigenvalue weighted by Crippen LogP contribution is 2.19. The number of rotatable bonds is 3. The Morgan fingerprint density at radius 1 is 1.47 bits per heavy atom. The van der Waals surface area contributed by atoms with Crippen molar-refractivity contribution in [3.63, 3.8) is 0 Å². The lowest BCUT2D eigenvalue weighted by atomic mass is 9.94. The van der Waals surface area contributed by atoms with Gasteiger partial charge in [-0.2, -0.15) is 5.26 Å². The molecule has 0 spiro atoms. The Labute approximate surface area is 102 Å². The van der Waals surface area contributed by atoms with Crippen molar-refractivity contribution in [1.82, 2.24) is 5.32 Å². The quantitative estimate of drug-likeness (QED) is 0.866. The molecule has 1 fully saturated rings. The lowest BCUT2D eigenvalue weighted by Gasteiger charge is -2.34. The van der Waals surface area contributed by atoms with Crippen LogP contribution in [-0.4, -0.2) is 18.8 Å². The monoisotopic (exact) mass is 230 g/mol. The summed E-state index contributed by atoms with van der Waals surface area (Å²) in [6, 6.07) is 9.95. The van der Waals surface area contributed by atoms with E-state index in [1.54, 1.807) is 0 Å². The predicted molar refractivity (Wildman–Crippen MR) is 66.5 cm³/mol. The average Bonchev–Trinajstić information content (AvgIpc) is 2.38. The molecule has 1 atom stereocenters. The first-order valence-electron chi connectivity index (χ1n) is 6.04. The van der Waals surface area contributed by atoms with Crippen LogP contribution in [0.5, 0.6) is 0 Å². The molecule has 0 bridgehead atoms. The molecule has 90 valence electrons. The minimum absolute atomic E-state index is 0.0425. The van der Waals surface area contributed by atoms with Gasteiger partial charge in [0, 0.05) is 18.7 Å². The molecular formula is C14H18N2O. The zero-order valence-electron chi connectivity index (χ0n) is 10.2. The van der Waals surface area contributed by atoms with Crippen molar-refractivity contribution in [1.29, 1.82) is 5.26 Å². The average molecular weight is 230 g/mol. The molecule has 1 aromatic rings. The molecule has 0 aromatic heterocycles. The van der Waals surface area contributed by atoms with Gasteiger partial charge in [0.2, 0.25) is 0 Å². The summed E-state index contributed by atoms with van der Waals surface area (Å²) in [5.74, 6) is 0. The van der Waals surface area contributed by atoms with E-state index in [1.807, 2.05) is 24.3 Å². The molecule has 2 rings (SSSR count). The van der Waals surface area contributed by atoms with Crippen molar-refractivity contribution in [2.45, 2.75) is 31.8 Å². The number of hydrogen-bond acceptors (Lipinski definition) is 3. The molecule has 1 aliphatic rings. The Balaban J connectivity index is 2.00. The zero-order valence-corrected chi connectivity index (χ0v) is 10.2. The first-order valence-corrected chi connectivity index (χ1v) is 6.04. The Morgan fingerprint density at radius 3 is 3.00 bits per heavy atom. The summed E-state index contributed by atoms with van der Waals surface area (Å²) in [5, 5.41) is 12.5. The van der Waals surface area contributed by atoms with Gasteiger partial charge in [-0.15, -0.1) is 0 Å². The topological polar surface area (TPSA) is 45.0 Å². The van der Waals surface area contributed by atoms with Crippen LogP contribution in [0.4, 0.5) is 0 Å². The smallest absolute Gasteiger partial charge is 0.0995 e. The lowest BCUT2D eigenvalue weighted by molar-refractivity contribution is 0.0278. The largest absolute Gasteiger partial charge is 0.380 e. The van der Waals surface area contributed by atoms with Gasteiger partial charge in [0.25, 0.3) is 0 Å². The van der Waals surface area contributed by atoms with Crippen molar-refractivity contribution in [3.05, 3.63) is 35.4 Å². The normalized spacial score (nSPS) is 24.2. The maximum absolute atomic E-state index is 9.02. The van der Waals surface area contributed by atoms with Gasteiger partial charge in [-0.3, -0.25) is 0 Å². The number of nitrogens with one attached hydrogen (secondary N) is 1. The predicted octanol–water partition coefficient (Wildman–Crippen LogP) is 2.22. The Hall–Kier alpha value is -1.37. The third kappa shape index (κ3) is 3.06. The van der Waals surface area contributed by atoms with E-state index in [0.29, 0.717) is 0 Å². The molecule has 0 saturated carbocycles. The van der Waals surface area contributed by atoms with Crippen molar-refractivity contribution in [3.8, 4) is 6.07 Å². The van der Waals surface area contributed by atoms with Crippen molar-refractivity contribution >= 4 is 0 Å². The summed E-state index contributed by atoms with van der Waals surface area (Å²) in [5.41, 5.74) is 1.85. The Morgan fingerprint density at radius 2 is 2.29 bits per heavy atom. The molecule has 0 radical (unpaired) electrons. The lowest BCUT2D eigenvalue weighted by Crippen LogP contribution is -2.48. The van der Waals surface area contributed by atoms with Gasteiger partial charge < -0.3 is 10.1 Å². The number of ether oxygens (including phenoxy) is 1. The van der Waals surface area contributed by atoms with Gasteiger partial charge >= 0.3 is 0 Å². The van der Waals surface area contributed by atoms with Gasteiger partial charge in [-0.25, -0.2) is 0 Å². The highest BCUT2D eigenvalue weighted by molar-refractivity contribution is 5.37. The van der Waals surface area contributed by atoms with Gasteiger partial charge in [-0.1, -0.05) is 18.2 Å². The fourth-order valence-corrected chi connectivity index (χ4v) is 2.17. The first kappa shape index (κ1) is 12.1. The van der Waals surface area contributed by atoms with Gasteiger partial charge in [0.15, 0.2) is 0 Å². The van der Waals surface area contributed by atoms with Crippen LogP contribution in [0.2, 0.25) is 0 Å². The summed E-state index contributed by atoms with van der Waals surface area (Å²) in [4.78, 5) is 0. The van der Waals surface area contributed by atoms with Crippen LogP contribution >= 0.6 is 0 Å². The molecular weight excluding hydrogens is 212 g/mol. The minimum atomic E-state index is 0.0425. The summed E-state index contributed by atoms with van der Waals surface area (Å²) >= 11 is 0. The number of nitriles is 1. The summed E-state index contributed by atoms with van der Waals surface area (Å²) in [6.45, 7) is 4.53. The van der Waals surface area contributed by atoms with Crippen LogP contribution in [-0.2, 0) is 11.3 Å². The van der Waals surface area contributed by atoms with Crippen LogP contribution in [0.25, 0.3) is 0 Å². The van der Waals surface area contributed by atoms with Gasteiger partial charge in [0.1, 0.15) is 0 Å². The molecule has 0 aliphatic carbocycles. The van der Waals surface area contributed by atoms with Crippen LogP contribution < -0.4 is 5.32 Å². The number of benzene rings is 1. The number of hydrogen-bond donors (Lipinski definition) is 1.